The first kappa shape index (κ1) is 17.9. The number of fused-ring (bicyclic) bond motifs is 1. The Morgan fingerprint density at radius 3 is 2.68 bits per heavy atom. The number of anilines is 1. The molecule has 1 aromatic carbocycles. The highest BCUT2D eigenvalue weighted by atomic mass is 16.2. The van der Waals surface area contributed by atoms with Crippen LogP contribution < -0.4 is 4.90 Å². The van der Waals surface area contributed by atoms with Crippen LogP contribution in [-0.4, -0.2) is 61.4 Å². The maximum Gasteiger partial charge on any atom is 0.227 e. The summed E-state index contributed by atoms with van der Waals surface area (Å²) in [6, 6.07) is 8.54. The van der Waals surface area contributed by atoms with E-state index in [9.17, 15) is 9.59 Å². The van der Waals surface area contributed by atoms with E-state index in [1.807, 2.05) is 28.0 Å². The fraction of sp³-hybridized carbons (Fsp3) is 0.600. The maximum atomic E-state index is 12.5. The maximum absolute atomic E-state index is 12.5. The molecular formula is C20H29N3O2. The third kappa shape index (κ3) is 3.87. The molecule has 25 heavy (non-hydrogen) atoms. The van der Waals surface area contributed by atoms with Crippen molar-refractivity contribution in [3.63, 3.8) is 0 Å². The number of rotatable bonds is 5. The van der Waals surface area contributed by atoms with Gasteiger partial charge in [0.05, 0.1) is 0 Å². The SMILES string of the molecule is C[C@H]1CN(C(=O)CCCN2C(=O)CCc3ccccc32)C[C@H]1N(C)C. The fourth-order valence-corrected chi connectivity index (χ4v) is 4.11. The Kier molecular flexibility index (Phi) is 5.42. The number of benzene rings is 1. The van der Waals surface area contributed by atoms with E-state index < -0.39 is 0 Å². The number of hydrogen-bond donors (Lipinski definition) is 0. The average Bonchev–Trinajstić information content (AvgIpc) is 2.99. The molecule has 5 nitrogen and oxygen atoms in total. The lowest BCUT2D eigenvalue weighted by atomic mass is 10.0. The molecule has 0 unspecified atom stereocenters. The zero-order valence-electron chi connectivity index (χ0n) is 15.6. The van der Waals surface area contributed by atoms with Crippen LogP contribution in [0.3, 0.4) is 0 Å². The highest BCUT2D eigenvalue weighted by Gasteiger charge is 2.33. The minimum Gasteiger partial charge on any atom is -0.341 e. The lowest BCUT2D eigenvalue weighted by molar-refractivity contribution is -0.130. The minimum atomic E-state index is 0.175. The van der Waals surface area contributed by atoms with Gasteiger partial charge in [0.25, 0.3) is 0 Å². The molecule has 0 aliphatic carbocycles. The molecule has 1 aromatic rings. The molecule has 0 bridgehead atoms. The second-order valence-corrected chi connectivity index (χ2v) is 7.58. The molecule has 2 atom stereocenters. The van der Waals surface area contributed by atoms with Gasteiger partial charge in [-0.15, -0.1) is 0 Å². The third-order valence-electron chi connectivity index (χ3n) is 5.55. The fourth-order valence-electron chi connectivity index (χ4n) is 4.11. The molecule has 5 heteroatoms. The number of likely N-dealkylation sites (N-methyl/N-ethyl adjacent to an activating group) is 1. The molecule has 1 saturated heterocycles. The second kappa shape index (κ2) is 7.56. The summed E-state index contributed by atoms with van der Waals surface area (Å²) in [5.41, 5.74) is 2.25. The zero-order valence-corrected chi connectivity index (χ0v) is 15.6. The Morgan fingerprint density at radius 2 is 1.96 bits per heavy atom. The van der Waals surface area contributed by atoms with Crippen molar-refractivity contribution < 1.29 is 9.59 Å². The summed E-state index contributed by atoms with van der Waals surface area (Å²) in [6.07, 6.45) is 2.62. The van der Waals surface area contributed by atoms with Gasteiger partial charge >= 0.3 is 0 Å². The van der Waals surface area contributed by atoms with E-state index in [0.29, 0.717) is 31.3 Å². The molecular weight excluding hydrogens is 314 g/mol. The van der Waals surface area contributed by atoms with Crippen molar-refractivity contribution in [2.24, 2.45) is 5.92 Å². The Hall–Kier alpha value is -1.88. The van der Waals surface area contributed by atoms with E-state index in [1.54, 1.807) is 0 Å². The second-order valence-electron chi connectivity index (χ2n) is 7.58. The van der Waals surface area contributed by atoms with Crippen LogP contribution in [0.2, 0.25) is 0 Å². The Bertz CT molecular complexity index is 644. The number of amides is 2. The summed E-state index contributed by atoms with van der Waals surface area (Å²) >= 11 is 0. The van der Waals surface area contributed by atoms with Crippen LogP contribution in [0.4, 0.5) is 5.69 Å². The molecule has 3 rings (SSSR count). The standard InChI is InChI=1S/C20H29N3O2/c1-15-13-22(14-18(15)21(2)3)19(24)9-6-12-23-17-8-5-4-7-16(17)10-11-20(23)25/h4-5,7-8,15,18H,6,9-14H2,1-3H3/t15-,18+/m0/s1. The van der Waals surface area contributed by atoms with Crippen molar-refractivity contribution in [2.45, 2.75) is 38.6 Å². The molecule has 2 aliphatic heterocycles. The summed E-state index contributed by atoms with van der Waals surface area (Å²) in [5.74, 6) is 0.900. The molecule has 0 radical (unpaired) electrons. The third-order valence-corrected chi connectivity index (χ3v) is 5.55. The highest BCUT2D eigenvalue weighted by molar-refractivity contribution is 5.96. The van der Waals surface area contributed by atoms with Gasteiger partial charge in [0.2, 0.25) is 11.8 Å². The van der Waals surface area contributed by atoms with Gasteiger partial charge in [-0.1, -0.05) is 25.1 Å². The summed E-state index contributed by atoms with van der Waals surface area (Å²) in [6.45, 7) is 4.50. The lowest BCUT2D eigenvalue weighted by Gasteiger charge is -2.29. The number of nitrogens with zero attached hydrogens (tertiary/aromatic N) is 3. The quantitative estimate of drug-likeness (QED) is 0.823. The van der Waals surface area contributed by atoms with Crippen molar-refractivity contribution in [3.05, 3.63) is 29.8 Å². The smallest absolute Gasteiger partial charge is 0.227 e. The Morgan fingerprint density at radius 1 is 1.20 bits per heavy atom. The molecule has 2 aliphatic rings. The van der Waals surface area contributed by atoms with Crippen LogP contribution in [-0.2, 0) is 16.0 Å². The predicted octanol–water partition coefficient (Wildman–Crippen LogP) is 2.15. The van der Waals surface area contributed by atoms with Crippen LogP contribution in [0, 0.1) is 5.92 Å². The van der Waals surface area contributed by atoms with E-state index in [2.05, 4.69) is 32.0 Å². The van der Waals surface area contributed by atoms with Crippen LogP contribution in [0.5, 0.6) is 0 Å². The van der Waals surface area contributed by atoms with Crippen molar-refractivity contribution in [3.8, 4) is 0 Å². The molecule has 0 N–H and O–H groups in total. The molecule has 0 spiro atoms. The van der Waals surface area contributed by atoms with Crippen LogP contribution in [0.15, 0.2) is 24.3 Å². The van der Waals surface area contributed by atoms with Crippen LogP contribution in [0.1, 0.15) is 31.7 Å². The van der Waals surface area contributed by atoms with Gasteiger partial charge in [-0.05, 0) is 44.5 Å². The van der Waals surface area contributed by atoms with Crippen molar-refractivity contribution in [1.29, 1.82) is 0 Å². The Balaban J connectivity index is 1.53. The molecule has 2 heterocycles. The number of carbonyl (C=O) groups excluding carboxylic acids is 2. The number of aryl methyl sites for hydroxylation is 1. The number of carbonyl (C=O) groups is 2. The molecule has 0 aromatic heterocycles. The summed E-state index contributed by atoms with van der Waals surface area (Å²) in [7, 11) is 4.16. The first-order chi connectivity index (χ1) is 12.0. The first-order valence-electron chi connectivity index (χ1n) is 9.30. The van der Waals surface area contributed by atoms with E-state index in [1.165, 1.54) is 5.56 Å². The lowest BCUT2D eigenvalue weighted by Crippen LogP contribution is -2.37. The van der Waals surface area contributed by atoms with Crippen LogP contribution in [0.25, 0.3) is 0 Å². The van der Waals surface area contributed by atoms with Gasteiger partial charge in [-0.3, -0.25) is 9.59 Å². The van der Waals surface area contributed by atoms with Gasteiger partial charge in [0.15, 0.2) is 0 Å². The van der Waals surface area contributed by atoms with E-state index >= 15 is 0 Å². The summed E-state index contributed by atoms with van der Waals surface area (Å²) < 4.78 is 0. The molecule has 1 fully saturated rings. The number of para-hydroxylation sites is 1. The van der Waals surface area contributed by atoms with Crippen LogP contribution >= 0.6 is 0 Å². The van der Waals surface area contributed by atoms with Gasteiger partial charge in [-0.2, -0.15) is 0 Å². The molecule has 0 saturated carbocycles. The topological polar surface area (TPSA) is 43.9 Å². The molecule has 2 amide bonds. The van der Waals surface area contributed by atoms with Gasteiger partial charge < -0.3 is 14.7 Å². The number of likely N-dealkylation sites (tertiary alicyclic amines) is 1. The highest BCUT2D eigenvalue weighted by Crippen LogP contribution is 2.28. The zero-order chi connectivity index (χ0) is 18.0. The van der Waals surface area contributed by atoms with Crippen molar-refractivity contribution >= 4 is 17.5 Å². The predicted molar refractivity (Wildman–Crippen MR) is 99.6 cm³/mol. The minimum absolute atomic E-state index is 0.175. The van der Waals surface area contributed by atoms with Crippen molar-refractivity contribution in [2.75, 3.05) is 38.6 Å². The number of hydrogen-bond acceptors (Lipinski definition) is 3. The summed E-state index contributed by atoms with van der Waals surface area (Å²) in [5, 5.41) is 0. The van der Waals surface area contributed by atoms with E-state index in [-0.39, 0.29) is 11.8 Å². The van der Waals surface area contributed by atoms with E-state index in [0.717, 1.165) is 31.6 Å². The van der Waals surface area contributed by atoms with Gasteiger partial charge in [-0.25, -0.2) is 0 Å². The Labute approximate surface area is 150 Å². The monoisotopic (exact) mass is 343 g/mol. The van der Waals surface area contributed by atoms with Gasteiger partial charge in [0, 0.05) is 44.2 Å². The van der Waals surface area contributed by atoms with Gasteiger partial charge in [0.1, 0.15) is 0 Å². The first-order valence-corrected chi connectivity index (χ1v) is 9.30. The summed E-state index contributed by atoms with van der Waals surface area (Å²) in [4.78, 5) is 30.9. The van der Waals surface area contributed by atoms with Crippen molar-refractivity contribution in [1.82, 2.24) is 9.80 Å². The normalized spacial score (nSPS) is 23.3. The molecule has 136 valence electrons. The van der Waals surface area contributed by atoms with E-state index in [4.69, 9.17) is 0 Å². The average molecular weight is 343 g/mol. The largest absolute Gasteiger partial charge is 0.341 e.